The molecule has 1 aromatic carbocycles. The minimum atomic E-state index is -0.869. The number of carboxylic acid groups (broad SMARTS) is 1. The summed E-state index contributed by atoms with van der Waals surface area (Å²) in [7, 11) is 1.57. The fourth-order valence-corrected chi connectivity index (χ4v) is 2.44. The number of hydrogen-bond acceptors (Lipinski definition) is 3. The Labute approximate surface area is 108 Å². The van der Waals surface area contributed by atoms with Crippen LogP contribution in [0, 0.1) is 0 Å². The van der Waals surface area contributed by atoms with Crippen molar-refractivity contribution >= 4 is 21.9 Å². The molecule has 17 heavy (non-hydrogen) atoms. The van der Waals surface area contributed by atoms with Crippen molar-refractivity contribution in [3.63, 3.8) is 0 Å². The molecule has 1 aliphatic rings. The minimum Gasteiger partial charge on any atom is -0.496 e. The molecule has 1 aliphatic heterocycles. The number of methoxy groups -OCH3 is 1. The molecule has 1 saturated heterocycles. The van der Waals surface area contributed by atoms with Crippen molar-refractivity contribution in [2.45, 2.75) is 18.4 Å². The zero-order valence-electron chi connectivity index (χ0n) is 9.40. The van der Waals surface area contributed by atoms with Crippen LogP contribution >= 0.6 is 15.9 Å². The van der Waals surface area contributed by atoms with Gasteiger partial charge in [-0.3, -0.25) is 4.79 Å². The van der Waals surface area contributed by atoms with E-state index in [-0.39, 0.29) is 6.42 Å². The van der Waals surface area contributed by atoms with Crippen LogP contribution in [-0.4, -0.2) is 24.8 Å². The van der Waals surface area contributed by atoms with Crippen molar-refractivity contribution < 1.29 is 19.4 Å². The fourth-order valence-electron chi connectivity index (χ4n) is 2.08. The molecule has 1 aromatic rings. The molecule has 0 spiro atoms. The zero-order chi connectivity index (χ0) is 12.5. The van der Waals surface area contributed by atoms with E-state index in [1.807, 2.05) is 18.2 Å². The van der Waals surface area contributed by atoms with E-state index in [9.17, 15) is 4.79 Å². The number of rotatable bonds is 4. The Hall–Kier alpha value is -1.07. The third-order valence-electron chi connectivity index (χ3n) is 2.97. The number of carbonyl (C=O) groups is 1. The first-order valence-electron chi connectivity index (χ1n) is 5.27. The maximum atomic E-state index is 10.9. The van der Waals surface area contributed by atoms with Gasteiger partial charge in [0, 0.05) is 16.5 Å². The van der Waals surface area contributed by atoms with Gasteiger partial charge < -0.3 is 14.6 Å². The van der Waals surface area contributed by atoms with Crippen LogP contribution in [0.15, 0.2) is 22.7 Å². The SMILES string of the molecule is COc1ccc(Br)cc1C1(CC(=O)O)CCO1. The Morgan fingerprint density at radius 3 is 2.82 bits per heavy atom. The molecule has 5 heteroatoms. The predicted molar refractivity (Wildman–Crippen MR) is 65.2 cm³/mol. The average Bonchev–Trinajstić information content (AvgIpc) is 2.23. The molecule has 1 fully saturated rings. The van der Waals surface area contributed by atoms with Crippen LogP contribution in [0.3, 0.4) is 0 Å². The third kappa shape index (κ3) is 2.30. The van der Waals surface area contributed by atoms with Gasteiger partial charge in [0.25, 0.3) is 0 Å². The number of carboxylic acids is 1. The lowest BCUT2D eigenvalue weighted by Gasteiger charge is -2.42. The Kier molecular flexibility index (Phi) is 3.40. The molecule has 1 N–H and O–H groups in total. The first-order valence-corrected chi connectivity index (χ1v) is 6.06. The first-order chi connectivity index (χ1) is 8.07. The summed E-state index contributed by atoms with van der Waals surface area (Å²) in [5, 5.41) is 8.98. The number of ether oxygens (including phenoxy) is 2. The normalized spacial score (nSPS) is 22.9. The van der Waals surface area contributed by atoms with Gasteiger partial charge in [0.15, 0.2) is 0 Å². The summed E-state index contributed by atoms with van der Waals surface area (Å²) >= 11 is 3.38. The van der Waals surface area contributed by atoms with Gasteiger partial charge in [-0.1, -0.05) is 15.9 Å². The molecule has 0 aliphatic carbocycles. The summed E-state index contributed by atoms with van der Waals surface area (Å²) in [4.78, 5) is 10.9. The molecule has 1 atom stereocenters. The Bertz CT molecular complexity index is 440. The van der Waals surface area contributed by atoms with Crippen LogP contribution in [0.5, 0.6) is 5.75 Å². The van der Waals surface area contributed by atoms with Gasteiger partial charge in [-0.2, -0.15) is 0 Å². The second kappa shape index (κ2) is 4.66. The van der Waals surface area contributed by atoms with Crippen molar-refractivity contribution in [1.29, 1.82) is 0 Å². The van der Waals surface area contributed by atoms with Gasteiger partial charge in [-0.15, -0.1) is 0 Å². The summed E-state index contributed by atoms with van der Waals surface area (Å²) in [5.41, 5.74) is 0.0593. The molecular weight excluding hydrogens is 288 g/mol. The standard InChI is InChI=1S/C12H13BrO4/c1-16-10-3-2-8(13)6-9(10)12(4-5-17-12)7-11(14)15/h2-3,6H,4-5,7H2,1H3,(H,14,15). The van der Waals surface area contributed by atoms with E-state index in [0.29, 0.717) is 18.8 Å². The topological polar surface area (TPSA) is 55.8 Å². The van der Waals surface area contributed by atoms with Crippen molar-refractivity contribution in [3.05, 3.63) is 28.2 Å². The van der Waals surface area contributed by atoms with Crippen LogP contribution in [0.25, 0.3) is 0 Å². The zero-order valence-corrected chi connectivity index (χ0v) is 11.0. The second-order valence-electron chi connectivity index (χ2n) is 4.01. The lowest BCUT2D eigenvalue weighted by atomic mass is 9.83. The quantitative estimate of drug-likeness (QED) is 0.928. The summed E-state index contributed by atoms with van der Waals surface area (Å²) in [6, 6.07) is 5.53. The van der Waals surface area contributed by atoms with Crippen molar-refractivity contribution in [2.75, 3.05) is 13.7 Å². The lowest BCUT2D eigenvalue weighted by molar-refractivity contribution is -0.176. The number of benzene rings is 1. The van der Waals surface area contributed by atoms with Crippen LogP contribution in [0.2, 0.25) is 0 Å². The van der Waals surface area contributed by atoms with Gasteiger partial charge in [-0.05, 0) is 18.2 Å². The lowest BCUT2D eigenvalue weighted by Crippen LogP contribution is -2.43. The van der Waals surface area contributed by atoms with Gasteiger partial charge in [0.05, 0.1) is 20.1 Å². The van der Waals surface area contributed by atoms with Crippen molar-refractivity contribution in [1.82, 2.24) is 0 Å². The maximum absolute atomic E-state index is 10.9. The summed E-state index contributed by atoms with van der Waals surface area (Å²) in [5.74, 6) is -0.208. The Balaban J connectivity index is 2.42. The molecule has 92 valence electrons. The van der Waals surface area contributed by atoms with Crippen LogP contribution in [0.1, 0.15) is 18.4 Å². The van der Waals surface area contributed by atoms with Gasteiger partial charge in [0.1, 0.15) is 11.4 Å². The van der Waals surface area contributed by atoms with Gasteiger partial charge in [-0.25, -0.2) is 0 Å². The minimum absolute atomic E-state index is 0.0419. The van der Waals surface area contributed by atoms with E-state index >= 15 is 0 Å². The van der Waals surface area contributed by atoms with Crippen molar-refractivity contribution in [2.24, 2.45) is 0 Å². The largest absolute Gasteiger partial charge is 0.496 e. The van der Waals surface area contributed by atoms with Gasteiger partial charge >= 0.3 is 5.97 Å². The van der Waals surface area contributed by atoms with E-state index < -0.39 is 11.6 Å². The fraction of sp³-hybridized carbons (Fsp3) is 0.417. The molecule has 1 heterocycles. The molecule has 2 rings (SSSR count). The Morgan fingerprint density at radius 1 is 1.65 bits per heavy atom. The highest BCUT2D eigenvalue weighted by Crippen LogP contribution is 2.45. The molecule has 4 nitrogen and oxygen atoms in total. The highest BCUT2D eigenvalue weighted by molar-refractivity contribution is 9.10. The highest BCUT2D eigenvalue weighted by atomic mass is 79.9. The molecule has 0 amide bonds. The predicted octanol–water partition coefficient (Wildman–Crippen LogP) is 2.55. The summed E-state index contributed by atoms with van der Waals surface area (Å²) < 4.78 is 11.7. The van der Waals surface area contributed by atoms with E-state index in [1.54, 1.807) is 7.11 Å². The van der Waals surface area contributed by atoms with E-state index in [2.05, 4.69) is 15.9 Å². The molecule has 0 saturated carbocycles. The summed E-state index contributed by atoms with van der Waals surface area (Å²) in [6.45, 7) is 0.586. The van der Waals surface area contributed by atoms with Gasteiger partial charge in [0.2, 0.25) is 0 Å². The summed E-state index contributed by atoms with van der Waals surface area (Å²) in [6.07, 6.45) is 0.659. The molecule has 0 radical (unpaired) electrons. The first kappa shape index (κ1) is 12.4. The molecule has 0 aromatic heterocycles. The van der Waals surface area contributed by atoms with Crippen LogP contribution < -0.4 is 4.74 Å². The third-order valence-corrected chi connectivity index (χ3v) is 3.47. The van der Waals surface area contributed by atoms with E-state index in [1.165, 1.54) is 0 Å². The van der Waals surface area contributed by atoms with E-state index in [0.717, 1.165) is 10.0 Å². The molecular formula is C12H13BrO4. The Morgan fingerprint density at radius 2 is 2.35 bits per heavy atom. The average molecular weight is 301 g/mol. The maximum Gasteiger partial charge on any atom is 0.306 e. The second-order valence-corrected chi connectivity index (χ2v) is 4.92. The van der Waals surface area contributed by atoms with E-state index in [4.69, 9.17) is 14.6 Å². The van der Waals surface area contributed by atoms with Crippen molar-refractivity contribution in [3.8, 4) is 5.75 Å². The smallest absolute Gasteiger partial charge is 0.306 e. The van der Waals surface area contributed by atoms with Crippen LogP contribution in [-0.2, 0) is 15.1 Å². The molecule has 0 bridgehead atoms. The molecule has 1 unspecified atom stereocenters. The number of halogens is 1. The highest BCUT2D eigenvalue weighted by Gasteiger charge is 2.44. The number of hydrogen-bond donors (Lipinski definition) is 1. The van der Waals surface area contributed by atoms with Crippen LogP contribution in [0.4, 0.5) is 0 Å². The number of aliphatic carboxylic acids is 1. The monoisotopic (exact) mass is 300 g/mol.